The highest BCUT2D eigenvalue weighted by Gasteiger charge is 2.00. The molecular weight excluding hydrogens is 204 g/mol. The molecule has 1 aromatic heterocycles. The summed E-state index contributed by atoms with van der Waals surface area (Å²) in [7, 11) is 0. The topological polar surface area (TPSA) is 36.7 Å². The lowest BCUT2D eigenvalue weighted by Gasteiger charge is -2.00. The van der Waals surface area contributed by atoms with Crippen molar-refractivity contribution in [2.45, 2.75) is 13.3 Å². The quantitative estimate of drug-likeness (QED) is 0.713. The summed E-state index contributed by atoms with van der Waals surface area (Å²) < 4.78 is 0.994. The van der Waals surface area contributed by atoms with Gasteiger partial charge in [0.15, 0.2) is 0 Å². The first kappa shape index (κ1) is 8.22. The summed E-state index contributed by atoms with van der Waals surface area (Å²) in [5.74, 6) is 0. The van der Waals surface area contributed by atoms with Crippen LogP contribution in [0.2, 0.25) is 0 Å². The Morgan fingerprint density at radius 1 is 1.64 bits per heavy atom. The number of hydrogen-bond donors (Lipinski definition) is 0. The number of nitriles is 1. The van der Waals surface area contributed by atoms with Crippen molar-refractivity contribution in [3.8, 4) is 6.07 Å². The third-order valence-corrected chi connectivity index (χ3v) is 2.53. The van der Waals surface area contributed by atoms with Gasteiger partial charge in [-0.15, -0.1) is 0 Å². The molecule has 56 valence electrons. The van der Waals surface area contributed by atoms with E-state index in [1.807, 2.05) is 6.92 Å². The molecule has 0 radical (unpaired) electrons. The van der Waals surface area contributed by atoms with Gasteiger partial charge in [0.05, 0.1) is 12.5 Å². The molecular formula is C8H7BrN2. The van der Waals surface area contributed by atoms with Gasteiger partial charge in [-0.25, -0.2) is 0 Å². The lowest BCUT2D eigenvalue weighted by Crippen LogP contribution is -1.88. The molecule has 0 saturated heterocycles. The van der Waals surface area contributed by atoms with Gasteiger partial charge in [0.2, 0.25) is 0 Å². The fourth-order valence-electron chi connectivity index (χ4n) is 0.814. The van der Waals surface area contributed by atoms with Crippen molar-refractivity contribution in [2.24, 2.45) is 0 Å². The molecule has 1 rings (SSSR count). The van der Waals surface area contributed by atoms with E-state index in [4.69, 9.17) is 5.26 Å². The van der Waals surface area contributed by atoms with E-state index < -0.39 is 0 Å². The highest BCUT2D eigenvalue weighted by atomic mass is 79.9. The summed E-state index contributed by atoms with van der Waals surface area (Å²) in [5, 5.41) is 8.44. The van der Waals surface area contributed by atoms with Crippen molar-refractivity contribution in [1.82, 2.24) is 4.98 Å². The van der Waals surface area contributed by atoms with Crippen molar-refractivity contribution in [3.05, 3.63) is 28.0 Å². The molecule has 2 nitrogen and oxygen atoms in total. The molecule has 0 spiro atoms. The molecule has 0 unspecified atom stereocenters. The van der Waals surface area contributed by atoms with Gasteiger partial charge in [0.1, 0.15) is 0 Å². The highest BCUT2D eigenvalue weighted by Crippen LogP contribution is 2.19. The maximum Gasteiger partial charge on any atom is 0.0670 e. The Morgan fingerprint density at radius 3 is 3.00 bits per heavy atom. The highest BCUT2D eigenvalue weighted by molar-refractivity contribution is 9.10. The van der Waals surface area contributed by atoms with Gasteiger partial charge in [0, 0.05) is 16.9 Å². The molecule has 0 saturated carbocycles. The molecule has 0 N–H and O–H groups in total. The number of pyridine rings is 1. The second kappa shape index (κ2) is 3.49. The maximum absolute atomic E-state index is 8.44. The fraction of sp³-hybridized carbons (Fsp3) is 0.250. The Hall–Kier alpha value is -0.880. The maximum atomic E-state index is 8.44. The van der Waals surface area contributed by atoms with E-state index in [2.05, 4.69) is 27.0 Å². The van der Waals surface area contributed by atoms with Crippen LogP contribution in [0.1, 0.15) is 11.1 Å². The molecule has 11 heavy (non-hydrogen) atoms. The Morgan fingerprint density at radius 2 is 2.36 bits per heavy atom. The first-order chi connectivity index (χ1) is 5.25. The van der Waals surface area contributed by atoms with Crippen LogP contribution in [-0.2, 0) is 6.42 Å². The van der Waals surface area contributed by atoms with E-state index in [9.17, 15) is 0 Å². The molecule has 0 amide bonds. The van der Waals surface area contributed by atoms with E-state index in [-0.39, 0.29) is 0 Å². The third kappa shape index (κ3) is 1.78. The molecule has 0 aliphatic carbocycles. The second-order valence-corrected chi connectivity index (χ2v) is 3.06. The number of hydrogen-bond acceptors (Lipinski definition) is 2. The molecule has 1 aromatic rings. The van der Waals surface area contributed by atoms with Crippen molar-refractivity contribution in [2.75, 3.05) is 0 Å². The van der Waals surface area contributed by atoms with E-state index in [1.54, 1.807) is 12.4 Å². The minimum absolute atomic E-state index is 0.412. The number of aryl methyl sites for hydroxylation is 1. The van der Waals surface area contributed by atoms with Crippen LogP contribution in [0.4, 0.5) is 0 Å². The van der Waals surface area contributed by atoms with E-state index in [0.717, 1.165) is 15.6 Å². The van der Waals surface area contributed by atoms with Gasteiger partial charge in [0.25, 0.3) is 0 Å². The molecule has 0 atom stereocenters. The predicted molar refractivity (Wildman–Crippen MR) is 46.0 cm³/mol. The lowest BCUT2D eigenvalue weighted by molar-refractivity contribution is 1.14. The van der Waals surface area contributed by atoms with Crippen LogP contribution in [0, 0.1) is 18.3 Å². The van der Waals surface area contributed by atoms with E-state index >= 15 is 0 Å². The molecule has 0 aromatic carbocycles. The lowest BCUT2D eigenvalue weighted by atomic mass is 10.2. The first-order valence-electron chi connectivity index (χ1n) is 3.21. The summed E-state index contributed by atoms with van der Waals surface area (Å²) in [5.41, 5.74) is 2.02. The number of rotatable bonds is 1. The third-order valence-electron chi connectivity index (χ3n) is 1.40. The Labute approximate surface area is 74.0 Å². The van der Waals surface area contributed by atoms with Crippen LogP contribution in [0.5, 0.6) is 0 Å². The van der Waals surface area contributed by atoms with Crippen LogP contribution in [0.15, 0.2) is 16.9 Å². The van der Waals surface area contributed by atoms with E-state index in [1.165, 1.54) is 0 Å². The first-order valence-corrected chi connectivity index (χ1v) is 4.01. The van der Waals surface area contributed by atoms with Crippen molar-refractivity contribution < 1.29 is 0 Å². The summed E-state index contributed by atoms with van der Waals surface area (Å²) in [6.45, 7) is 1.96. The van der Waals surface area contributed by atoms with Gasteiger partial charge < -0.3 is 0 Å². The van der Waals surface area contributed by atoms with Gasteiger partial charge in [-0.1, -0.05) is 15.9 Å². The zero-order chi connectivity index (χ0) is 8.27. The van der Waals surface area contributed by atoms with Crippen molar-refractivity contribution in [1.29, 1.82) is 5.26 Å². The largest absolute Gasteiger partial charge is 0.264 e. The standard InChI is InChI=1S/C8H7BrN2/c1-6-4-11-5-7(2-3-10)8(6)9/h4-5H,2H2,1H3. The van der Waals surface area contributed by atoms with Gasteiger partial charge in [-0.05, 0) is 18.1 Å². The Kier molecular flexibility index (Phi) is 2.61. The molecule has 1 heterocycles. The van der Waals surface area contributed by atoms with Crippen LogP contribution in [0.3, 0.4) is 0 Å². The summed E-state index contributed by atoms with van der Waals surface area (Å²) in [6, 6.07) is 2.08. The molecule has 0 aliphatic rings. The normalized spacial score (nSPS) is 9.18. The SMILES string of the molecule is Cc1cncc(CC#N)c1Br. The summed E-state index contributed by atoms with van der Waals surface area (Å²) in [6.07, 6.45) is 3.89. The van der Waals surface area contributed by atoms with Crippen molar-refractivity contribution in [3.63, 3.8) is 0 Å². The summed E-state index contributed by atoms with van der Waals surface area (Å²) >= 11 is 3.39. The predicted octanol–water partition coefficient (Wildman–Crippen LogP) is 2.22. The number of aromatic nitrogens is 1. The zero-order valence-corrected chi connectivity index (χ0v) is 7.72. The van der Waals surface area contributed by atoms with Crippen LogP contribution >= 0.6 is 15.9 Å². The number of halogens is 1. The average Bonchev–Trinajstić information content (AvgIpc) is 1.99. The minimum Gasteiger partial charge on any atom is -0.264 e. The average molecular weight is 211 g/mol. The van der Waals surface area contributed by atoms with Crippen molar-refractivity contribution >= 4 is 15.9 Å². The molecule has 0 bridgehead atoms. The molecule has 3 heteroatoms. The van der Waals surface area contributed by atoms with Gasteiger partial charge in [-0.2, -0.15) is 5.26 Å². The van der Waals surface area contributed by atoms with Crippen LogP contribution < -0.4 is 0 Å². The van der Waals surface area contributed by atoms with E-state index in [0.29, 0.717) is 6.42 Å². The molecule has 0 fully saturated rings. The van der Waals surface area contributed by atoms with Gasteiger partial charge >= 0.3 is 0 Å². The zero-order valence-electron chi connectivity index (χ0n) is 6.13. The second-order valence-electron chi connectivity index (χ2n) is 2.26. The minimum atomic E-state index is 0.412. The van der Waals surface area contributed by atoms with Crippen LogP contribution in [0.25, 0.3) is 0 Å². The van der Waals surface area contributed by atoms with Crippen LogP contribution in [-0.4, -0.2) is 4.98 Å². The summed E-state index contributed by atoms with van der Waals surface area (Å²) in [4.78, 5) is 3.98. The smallest absolute Gasteiger partial charge is 0.0670 e. The number of nitrogens with zero attached hydrogens (tertiary/aromatic N) is 2. The molecule has 0 aliphatic heterocycles. The Balaban J connectivity index is 3.08. The fourth-order valence-corrected chi connectivity index (χ4v) is 1.16. The monoisotopic (exact) mass is 210 g/mol. The Bertz CT molecular complexity index is 301. The van der Waals surface area contributed by atoms with Gasteiger partial charge in [-0.3, -0.25) is 4.98 Å².